The first kappa shape index (κ1) is 14.1. The molecule has 3 heteroatoms. The highest BCUT2D eigenvalue weighted by Gasteiger charge is 2.00. The second-order valence-electron chi connectivity index (χ2n) is 4.42. The number of nitrogens with one attached hydrogen (secondary N) is 1. The topological polar surface area (TPSA) is 21.3 Å². The summed E-state index contributed by atoms with van der Waals surface area (Å²) in [5.74, 6) is 0.941. The van der Waals surface area contributed by atoms with Crippen LogP contribution in [0.15, 0.2) is 53.0 Å². The van der Waals surface area contributed by atoms with E-state index in [0.29, 0.717) is 6.61 Å². The third kappa shape index (κ3) is 4.69. The maximum absolute atomic E-state index is 5.76. The van der Waals surface area contributed by atoms with Crippen molar-refractivity contribution in [2.75, 3.05) is 13.2 Å². The van der Waals surface area contributed by atoms with E-state index < -0.39 is 0 Å². The summed E-state index contributed by atoms with van der Waals surface area (Å²) in [5, 5.41) is 3.37. The zero-order valence-electron chi connectivity index (χ0n) is 11.0. The van der Waals surface area contributed by atoms with Crippen LogP contribution in [0.1, 0.15) is 11.1 Å². The molecule has 2 rings (SSSR count). The Hall–Kier alpha value is -1.32. The lowest BCUT2D eigenvalue weighted by molar-refractivity contribution is 0.311. The molecule has 0 spiro atoms. The van der Waals surface area contributed by atoms with Crippen LogP contribution in [0.25, 0.3) is 0 Å². The highest BCUT2D eigenvalue weighted by Crippen LogP contribution is 2.22. The third-order valence-corrected chi connectivity index (χ3v) is 3.35. The van der Waals surface area contributed by atoms with Gasteiger partial charge < -0.3 is 10.1 Å². The molecule has 0 fully saturated rings. The fourth-order valence-corrected chi connectivity index (χ4v) is 2.13. The number of aryl methyl sites for hydroxylation is 1. The molecule has 0 aliphatic heterocycles. The Balaban J connectivity index is 1.71. The van der Waals surface area contributed by atoms with Gasteiger partial charge in [-0.15, -0.1) is 0 Å². The van der Waals surface area contributed by atoms with Gasteiger partial charge in [-0.2, -0.15) is 0 Å². The van der Waals surface area contributed by atoms with Crippen molar-refractivity contribution < 1.29 is 4.74 Å². The van der Waals surface area contributed by atoms with E-state index in [2.05, 4.69) is 58.5 Å². The van der Waals surface area contributed by atoms with E-state index in [1.54, 1.807) is 0 Å². The van der Waals surface area contributed by atoms with Crippen LogP contribution in [0.2, 0.25) is 0 Å². The first-order chi connectivity index (χ1) is 9.25. The molecule has 0 saturated carbocycles. The van der Waals surface area contributed by atoms with Gasteiger partial charge in [0.1, 0.15) is 12.4 Å². The van der Waals surface area contributed by atoms with E-state index in [0.717, 1.165) is 28.9 Å². The van der Waals surface area contributed by atoms with Crippen molar-refractivity contribution in [1.29, 1.82) is 0 Å². The van der Waals surface area contributed by atoms with Crippen molar-refractivity contribution in [1.82, 2.24) is 5.32 Å². The minimum Gasteiger partial charge on any atom is -0.492 e. The molecule has 0 atom stereocenters. The molecule has 1 N–H and O–H groups in total. The predicted octanol–water partition coefficient (Wildman–Crippen LogP) is 3.93. The van der Waals surface area contributed by atoms with Crippen molar-refractivity contribution in [3.05, 3.63) is 64.1 Å². The molecule has 0 saturated heterocycles. The fourth-order valence-electron chi connectivity index (χ4n) is 1.79. The summed E-state index contributed by atoms with van der Waals surface area (Å²) >= 11 is 3.45. The van der Waals surface area contributed by atoms with E-state index in [1.165, 1.54) is 5.56 Å². The van der Waals surface area contributed by atoms with Crippen LogP contribution < -0.4 is 10.1 Å². The van der Waals surface area contributed by atoms with Crippen LogP contribution >= 0.6 is 15.9 Å². The normalized spacial score (nSPS) is 10.4. The Kier molecular flexibility index (Phi) is 5.43. The summed E-state index contributed by atoms with van der Waals surface area (Å²) in [4.78, 5) is 0. The lowest BCUT2D eigenvalue weighted by Crippen LogP contribution is -2.20. The highest BCUT2D eigenvalue weighted by molar-refractivity contribution is 9.10. The summed E-state index contributed by atoms with van der Waals surface area (Å²) in [5.41, 5.74) is 2.45. The quantitative estimate of drug-likeness (QED) is 0.815. The van der Waals surface area contributed by atoms with Gasteiger partial charge >= 0.3 is 0 Å². The van der Waals surface area contributed by atoms with Gasteiger partial charge in [-0.3, -0.25) is 0 Å². The number of hydrogen-bond acceptors (Lipinski definition) is 2. The second kappa shape index (κ2) is 7.31. The van der Waals surface area contributed by atoms with Gasteiger partial charge in [-0.05, 0) is 30.2 Å². The lowest BCUT2D eigenvalue weighted by Gasteiger charge is -2.10. The van der Waals surface area contributed by atoms with Crippen LogP contribution in [0.4, 0.5) is 0 Å². The maximum atomic E-state index is 5.76. The van der Waals surface area contributed by atoms with E-state index in [1.807, 2.05) is 18.2 Å². The lowest BCUT2D eigenvalue weighted by atomic mass is 10.2. The van der Waals surface area contributed by atoms with Crippen molar-refractivity contribution in [2.45, 2.75) is 13.5 Å². The molecule has 0 aliphatic rings. The molecule has 0 aromatic heterocycles. The zero-order chi connectivity index (χ0) is 13.5. The van der Waals surface area contributed by atoms with E-state index in [4.69, 9.17) is 4.74 Å². The minimum absolute atomic E-state index is 0.671. The molecule has 0 amide bonds. The van der Waals surface area contributed by atoms with Gasteiger partial charge in [0, 0.05) is 17.6 Å². The van der Waals surface area contributed by atoms with Crippen LogP contribution in [0.3, 0.4) is 0 Å². The van der Waals surface area contributed by atoms with Gasteiger partial charge in [-0.1, -0.05) is 52.3 Å². The largest absolute Gasteiger partial charge is 0.492 e. The first-order valence-corrected chi connectivity index (χ1v) is 7.18. The number of ether oxygens (including phenoxy) is 1. The maximum Gasteiger partial charge on any atom is 0.123 e. The van der Waals surface area contributed by atoms with Crippen molar-refractivity contribution >= 4 is 15.9 Å². The monoisotopic (exact) mass is 319 g/mol. The summed E-state index contributed by atoms with van der Waals surface area (Å²) in [6.07, 6.45) is 0. The Bertz CT molecular complexity index is 513. The molecule has 0 heterocycles. The molecular weight excluding hydrogens is 302 g/mol. The van der Waals surface area contributed by atoms with Gasteiger partial charge in [0.2, 0.25) is 0 Å². The van der Waals surface area contributed by atoms with Crippen LogP contribution in [0, 0.1) is 6.92 Å². The van der Waals surface area contributed by atoms with E-state index in [9.17, 15) is 0 Å². The van der Waals surface area contributed by atoms with Crippen molar-refractivity contribution in [3.8, 4) is 5.75 Å². The average molecular weight is 320 g/mol. The van der Waals surface area contributed by atoms with Gasteiger partial charge in [0.15, 0.2) is 0 Å². The molecule has 2 aromatic carbocycles. The molecule has 0 aliphatic carbocycles. The number of hydrogen-bond donors (Lipinski definition) is 1. The average Bonchev–Trinajstić information content (AvgIpc) is 2.43. The zero-order valence-corrected chi connectivity index (χ0v) is 12.6. The molecule has 100 valence electrons. The van der Waals surface area contributed by atoms with Crippen LogP contribution in [0.5, 0.6) is 5.75 Å². The predicted molar refractivity (Wildman–Crippen MR) is 82.5 cm³/mol. The van der Waals surface area contributed by atoms with Gasteiger partial charge in [-0.25, -0.2) is 0 Å². The second-order valence-corrected chi connectivity index (χ2v) is 5.34. The first-order valence-electron chi connectivity index (χ1n) is 6.39. The fraction of sp³-hybridized carbons (Fsp3) is 0.250. The Morgan fingerprint density at radius 2 is 1.89 bits per heavy atom. The standard InChI is InChI=1S/C16H18BrNO/c1-13-7-8-15(17)11-16(13)19-10-9-18-12-14-5-3-2-4-6-14/h2-8,11,18H,9-10,12H2,1H3. The highest BCUT2D eigenvalue weighted by atomic mass is 79.9. The minimum atomic E-state index is 0.671. The Morgan fingerprint density at radius 1 is 1.11 bits per heavy atom. The molecule has 0 bridgehead atoms. The SMILES string of the molecule is Cc1ccc(Br)cc1OCCNCc1ccccc1. The molecule has 2 nitrogen and oxygen atoms in total. The van der Waals surface area contributed by atoms with E-state index in [-0.39, 0.29) is 0 Å². The smallest absolute Gasteiger partial charge is 0.123 e. The molecule has 19 heavy (non-hydrogen) atoms. The number of benzene rings is 2. The molecule has 0 radical (unpaired) electrons. The summed E-state index contributed by atoms with van der Waals surface area (Å²) in [6.45, 7) is 4.44. The van der Waals surface area contributed by atoms with E-state index >= 15 is 0 Å². The van der Waals surface area contributed by atoms with Crippen LogP contribution in [-0.4, -0.2) is 13.2 Å². The summed E-state index contributed by atoms with van der Waals surface area (Å²) in [7, 11) is 0. The molecular formula is C16H18BrNO. The van der Waals surface area contributed by atoms with Crippen molar-refractivity contribution in [3.63, 3.8) is 0 Å². The van der Waals surface area contributed by atoms with Gasteiger partial charge in [0.25, 0.3) is 0 Å². The third-order valence-electron chi connectivity index (χ3n) is 2.86. The van der Waals surface area contributed by atoms with Crippen molar-refractivity contribution in [2.24, 2.45) is 0 Å². The van der Waals surface area contributed by atoms with Crippen LogP contribution in [-0.2, 0) is 6.54 Å². The number of rotatable bonds is 6. The number of halogens is 1. The Morgan fingerprint density at radius 3 is 2.68 bits per heavy atom. The molecule has 2 aromatic rings. The Labute approximate surface area is 122 Å². The summed E-state index contributed by atoms with van der Waals surface area (Å²) in [6, 6.07) is 16.5. The molecule has 0 unspecified atom stereocenters. The van der Waals surface area contributed by atoms with Gasteiger partial charge in [0.05, 0.1) is 0 Å². The summed E-state index contributed by atoms with van der Waals surface area (Å²) < 4.78 is 6.81.